The third-order valence-electron chi connectivity index (χ3n) is 16.2. The summed E-state index contributed by atoms with van der Waals surface area (Å²) in [6.45, 7) is 8.72. The van der Waals surface area contributed by atoms with Crippen LogP contribution < -0.4 is 0 Å². The minimum Gasteiger partial charge on any atom is -0.307 e. The van der Waals surface area contributed by atoms with E-state index in [9.17, 15) is 5.26 Å². The van der Waals surface area contributed by atoms with E-state index in [4.69, 9.17) is 9.97 Å². The lowest BCUT2D eigenvalue weighted by Crippen LogP contribution is -2.06. The summed E-state index contributed by atoms with van der Waals surface area (Å²) >= 11 is 0. The summed E-state index contributed by atoms with van der Waals surface area (Å²) in [6.07, 6.45) is 0. The Morgan fingerprint density at radius 3 is 0.938 bits per heavy atom. The molecule has 0 amide bonds. The van der Waals surface area contributed by atoms with Crippen molar-refractivity contribution in [2.45, 2.75) is 27.7 Å². The Kier molecular flexibility index (Phi) is 11.7. The van der Waals surface area contributed by atoms with Gasteiger partial charge in [0, 0.05) is 38.2 Å². The summed E-state index contributed by atoms with van der Waals surface area (Å²) in [5, 5.41) is 16.1. The van der Waals surface area contributed by atoms with E-state index < -0.39 is 0 Å². The fraction of sp³-hybridized carbons (Fsp3) is 0.0533. The highest BCUT2D eigenvalue weighted by molar-refractivity contribution is 6.14. The Balaban J connectivity index is 1.12. The standard InChI is InChI=1S/C75H53N5/c1-47-19-11-15-27-58(47)53-31-35-69-63(39-53)64-40-54(59-28-16-12-20-48(59)2)32-36-70(64)79(69)73-43-57(46-76)62(75-77-67(51-23-7-5-8-24-51)45-68(78-75)52-25-9-6-10-26-52)44-74(73)80-71-37-33-55(60-29-17-13-21-49(60)3)41-65(71)66-42-56(34-38-72(66)80)61-30-18-14-22-50(61)4/h5-45H,1-4H3. The van der Waals surface area contributed by atoms with Gasteiger partial charge in [-0.25, -0.2) is 9.97 Å². The van der Waals surface area contributed by atoms with E-state index in [1.54, 1.807) is 0 Å². The van der Waals surface area contributed by atoms with Gasteiger partial charge in [0.2, 0.25) is 0 Å². The maximum atomic E-state index is 11.6. The van der Waals surface area contributed by atoms with Crippen LogP contribution in [0.25, 0.3) is 133 Å². The highest BCUT2D eigenvalue weighted by atomic mass is 15.1. The molecule has 0 N–H and O–H groups in total. The van der Waals surface area contributed by atoms with E-state index in [1.165, 1.54) is 44.5 Å². The first kappa shape index (κ1) is 48.0. The third kappa shape index (κ3) is 8.16. The van der Waals surface area contributed by atoms with Crippen molar-refractivity contribution in [3.05, 3.63) is 277 Å². The summed E-state index contributed by atoms with van der Waals surface area (Å²) in [7, 11) is 0. The van der Waals surface area contributed by atoms with Gasteiger partial charge in [-0.3, -0.25) is 0 Å². The molecule has 0 atom stereocenters. The first-order valence-corrected chi connectivity index (χ1v) is 27.3. The first-order valence-electron chi connectivity index (χ1n) is 27.3. The molecule has 3 heterocycles. The van der Waals surface area contributed by atoms with Crippen molar-refractivity contribution in [2.24, 2.45) is 0 Å². The summed E-state index contributed by atoms with van der Waals surface area (Å²) < 4.78 is 4.79. The quantitative estimate of drug-likeness (QED) is 0.145. The second-order valence-electron chi connectivity index (χ2n) is 21.1. The molecule has 3 aromatic heterocycles. The first-order chi connectivity index (χ1) is 39.3. The molecule has 0 fully saturated rings. The van der Waals surface area contributed by atoms with Crippen LogP contribution in [-0.4, -0.2) is 19.1 Å². The van der Waals surface area contributed by atoms with Gasteiger partial charge in [0.25, 0.3) is 0 Å². The zero-order valence-corrected chi connectivity index (χ0v) is 44.9. The van der Waals surface area contributed by atoms with Crippen LogP contribution in [0.2, 0.25) is 0 Å². The molecule has 0 unspecified atom stereocenters. The lowest BCUT2D eigenvalue weighted by atomic mass is 9.97. The molecular weight excluding hydrogens is 971 g/mol. The number of rotatable bonds is 9. The van der Waals surface area contributed by atoms with Crippen LogP contribution in [0, 0.1) is 39.0 Å². The summed E-state index contributed by atoms with van der Waals surface area (Å²) in [5.74, 6) is 0.465. The van der Waals surface area contributed by atoms with Crippen LogP contribution in [-0.2, 0) is 0 Å². The van der Waals surface area contributed by atoms with Crippen LogP contribution in [0.3, 0.4) is 0 Å². The van der Waals surface area contributed by atoms with Crippen LogP contribution >= 0.6 is 0 Å². The van der Waals surface area contributed by atoms with Crippen molar-refractivity contribution in [1.29, 1.82) is 5.26 Å². The molecule has 80 heavy (non-hydrogen) atoms. The highest BCUT2D eigenvalue weighted by Crippen LogP contribution is 2.45. The molecule has 0 bridgehead atoms. The van der Waals surface area contributed by atoms with E-state index in [0.717, 1.165) is 99.8 Å². The fourth-order valence-corrected chi connectivity index (χ4v) is 12.1. The van der Waals surface area contributed by atoms with E-state index in [0.29, 0.717) is 17.0 Å². The lowest BCUT2D eigenvalue weighted by Gasteiger charge is -2.20. The minimum absolute atomic E-state index is 0.459. The number of nitriles is 1. The molecule has 14 rings (SSSR count). The molecule has 0 aliphatic rings. The number of hydrogen-bond acceptors (Lipinski definition) is 3. The predicted octanol–water partition coefficient (Wildman–Crippen LogP) is 19.4. The van der Waals surface area contributed by atoms with Gasteiger partial charge in [0.05, 0.1) is 56.5 Å². The second-order valence-corrected chi connectivity index (χ2v) is 21.1. The van der Waals surface area contributed by atoms with Gasteiger partial charge in [-0.15, -0.1) is 0 Å². The minimum atomic E-state index is 0.459. The predicted molar refractivity (Wildman–Crippen MR) is 332 cm³/mol. The molecule has 11 aromatic carbocycles. The van der Waals surface area contributed by atoms with Crippen molar-refractivity contribution in [1.82, 2.24) is 19.1 Å². The average molecular weight is 1020 g/mol. The molecule has 14 aromatic rings. The molecule has 0 saturated heterocycles. The summed E-state index contributed by atoms with van der Waals surface area (Å²) in [5.41, 5.74) is 24.6. The van der Waals surface area contributed by atoms with Crippen LogP contribution in [0.15, 0.2) is 249 Å². The number of fused-ring (bicyclic) bond motifs is 6. The molecular formula is C75H53N5. The maximum Gasteiger partial charge on any atom is 0.161 e. The SMILES string of the molecule is Cc1ccccc1-c1ccc2c(c1)c1cc(-c3ccccc3C)ccc1n2-c1cc(C#N)c(-c2nc(-c3ccccc3)cc(-c3ccccc3)n2)cc1-n1c2ccc(-c3ccccc3C)cc2c2cc(-c3ccccc3C)ccc21. The van der Waals surface area contributed by atoms with Gasteiger partial charge in [0.1, 0.15) is 0 Å². The zero-order chi connectivity index (χ0) is 54.0. The van der Waals surface area contributed by atoms with E-state index in [2.05, 4.69) is 255 Å². The van der Waals surface area contributed by atoms with Crippen molar-refractivity contribution in [3.63, 3.8) is 0 Å². The number of hydrogen-bond donors (Lipinski definition) is 0. The largest absolute Gasteiger partial charge is 0.307 e. The Bertz CT molecular complexity index is 4560. The van der Waals surface area contributed by atoms with Gasteiger partial charge in [-0.2, -0.15) is 5.26 Å². The van der Waals surface area contributed by atoms with Gasteiger partial charge in [-0.1, -0.05) is 182 Å². The van der Waals surface area contributed by atoms with Gasteiger partial charge < -0.3 is 9.13 Å². The van der Waals surface area contributed by atoms with E-state index in [-0.39, 0.29) is 0 Å². The molecule has 0 spiro atoms. The Morgan fingerprint density at radius 2 is 0.613 bits per heavy atom. The molecule has 0 aliphatic heterocycles. The average Bonchev–Trinajstić information content (AvgIpc) is 3.84. The van der Waals surface area contributed by atoms with Gasteiger partial charge in [0.15, 0.2) is 5.82 Å². The maximum absolute atomic E-state index is 11.6. The molecule has 378 valence electrons. The number of benzene rings is 11. The Morgan fingerprint density at radius 1 is 0.300 bits per heavy atom. The Hall–Kier alpha value is -10.4. The van der Waals surface area contributed by atoms with Crippen molar-refractivity contribution in [3.8, 4) is 95.9 Å². The van der Waals surface area contributed by atoms with Crippen LogP contribution in [0.5, 0.6) is 0 Å². The van der Waals surface area contributed by atoms with Crippen LogP contribution in [0.4, 0.5) is 0 Å². The molecule has 5 heteroatoms. The number of aryl methyl sites for hydroxylation is 4. The van der Waals surface area contributed by atoms with Crippen molar-refractivity contribution in [2.75, 3.05) is 0 Å². The van der Waals surface area contributed by atoms with Crippen molar-refractivity contribution < 1.29 is 0 Å². The van der Waals surface area contributed by atoms with E-state index in [1.807, 2.05) is 36.4 Å². The van der Waals surface area contributed by atoms with Crippen LogP contribution in [0.1, 0.15) is 27.8 Å². The molecule has 0 saturated carbocycles. The van der Waals surface area contributed by atoms with Gasteiger partial charge >= 0.3 is 0 Å². The fourth-order valence-electron chi connectivity index (χ4n) is 12.1. The number of nitrogens with zero attached hydrogens (tertiary/aromatic N) is 5. The molecule has 0 radical (unpaired) electrons. The monoisotopic (exact) mass is 1020 g/mol. The zero-order valence-electron chi connectivity index (χ0n) is 44.9. The lowest BCUT2D eigenvalue weighted by molar-refractivity contribution is 1.09. The third-order valence-corrected chi connectivity index (χ3v) is 16.2. The summed E-state index contributed by atoms with van der Waals surface area (Å²) in [4.78, 5) is 10.7. The smallest absolute Gasteiger partial charge is 0.161 e. The topological polar surface area (TPSA) is 59.4 Å². The Labute approximate surface area is 465 Å². The highest BCUT2D eigenvalue weighted by Gasteiger charge is 2.26. The van der Waals surface area contributed by atoms with Gasteiger partial charge in [-0.05, 0) is 161 Å². The van der Waals surface area contributed by atoms with Crippen molar-refractivity contribution >= 4 is 43.6 Å². The molecule has 0 aliphatic carbocycles. The molecule has 5 nitrogen and oxygen atoms in total. The number of aromatic nitrogens is 4. The summed E-state index contributed by atoms with van der Waals surface area (Å²) in [6, 6.07) is 91.4. The van der Waals surface area contributed by atoms with E-state index >= 15 is 0 Å². The normalized spacial score (nSPS) is 11.5. The second kappa shape index (κ2) is 19.6.